The van der Waals surface area contributed by atoms with Crippen molar-refractivity contribution in [1.82, 2.24) is 9.97 Å². The van der Waals surface area contributed by atoms with E-state index in [4.69, 9.17) is 9.97 Å². The molecule has 0 N–H and O–H groups in total. The molecule has 0 fully saturated rings. The lowest BCUT2D eigenvalue weighted by Gasteiger charge is -2.29. The smallest absolute Gasteiger partial charge is 0.231 e. The predicted molar refractivity (Wildman–Crippen MR) is 209 cm³/mol. The fraction of sp³-hybridized carbons (Fsp3) is 0.0455. The van der Waals surface area contributed by atoms with Gasteiger partial charge >= 0.3 is 0 Å². The topological polar surface area (TPSA) is 29.0 Å². The summed E-state index contributed by atoms with van der Waals surface area (Å²) in [5.41, 5.74) is 8.08. The molecule has 5 heteroatoms. The van der Waals surface area contributed by atoms with Crippen molar-refractivity contribution in [2.45, 2.75) is 12.0 Å². The summed E-state index contributed by atoms with van der Waals surface area (Å²) in [7, 11) is 0. The molecule has 230 valence electrons. The van der Waals surface area contributed by atoms with Crippen molar-refractivity contribution in [2.75, 3.05) is 4.90 Å². The first-order valence-corrected chi connectivity index (χ1v) is 18.3. The van der Waals surface area contributed by atoms with E-state index in [9.17, 15) is 0 Å². The van der Waals surface area contributed by atoms with Gasteiger partial charge in [0, 0.05) is 68.5 Å². The first-order chi connectivity index (χ1) is 24.3. The SMILES string of the molecule is C1=CC2c3c(ccc4c3sc3ccccc34)N(c3nc(-c4ccccc4)c4ccccc4n3)C2C=C1c1cccc2c1sc1ccccc12. The van der Waals surface area contributed by atoms with Crippen molar-refractivity contribution in [2.24, 2.45) is 0 Å². The molecule has 2 aliphatic rings. The number of allylic oxidation sites excluding steroid dienone is 2. The zero-order valence-electron chi connectivity index (χ0n) is 26.2. The molecular formula is C44H27N3S2. The van der Waals surface area contributed by atoms with Gasteiger partial charge in [0.15, 0.2) is 0 Å². The quantitative estimate of drug-likeness (QED) is 0.189. The van der Waals surface area contributed by atoms with Crippen LogP contribution < -0.4 is 4.90 Å². The molecule has 11 rings (SSSR count). The maximum absolute atomic E-state index is 5.41. The van der Waals surface area contributed by atoms with Gasteiger partial charge in [-0.2, -0.15) is 0 Å². The standard InChI is InChI=1S/C44H27N3S2/c1-2-11-26(12-3-1)41-33-15-4-7-18-35(33)45-44(46-41)47-36-24-23-32-30-14-6-9-20-39(30)49-43(32)40(36)34-22-21-27(25-37(34)47)28-16-10-17-31-29-13-5-8-19-38(29)48-42(28)31/h1-25,34,37H. The number of rotatable bonds is 3. The Morgan fingerprint density at radius 1 is 0.551 bits per heavy atom. The number of benzene rings is 6. The second-order valence-corrected chi connectivity index (χ2v) is 15.0. The molecule has 0 bridgehead atoms. The summed E-state index contributed by atoms with van der Waals surface area (Å²) in [5.74, 6) is 0.894. The van der Waals surface area contributed by atoms with E-state index >= 15 is 0 Å². The Hall–Kier alpha value is -5.62. The van der Waals surface area contributed by atoms with E-state index in [-0.39, 0.29) is 12.0 Å². The summed E-state index contributed by atoms with van der Waals surface area (Å²) < 4.78 is 5.33. The number of para-hydroxylation sites is 1. The Morgan fingerprint density at radius 3 is 2.04 bits per heavy atom. The van der Waals surface area contributed by atoms with Gasteiger partial charge in [0.2, 0.25) is 5.95 Å². The second-order valence-electron chi connectivity index (χ2n) is 12.9. The zero-order valence-corrected chi connectivity index (χ0v) is 27.9. The van der Waals surface area contributed by atoms with E-state index in [0.29, 0.717) is 0 Å². The van der Waals surface area contributed by atoms with Crippen LogP contribution in [0.25, 0.3) is 68.1 Å². The number of hydrogen-bond donors (Lipinski definition) is 0. The first kappa shape index (κ1) is 27.3. The molecule has 0 saturated carbocycles. The normalized spacial score (nSPS) is 17.0. The van der Waals surface area contributed by atoms with Crippen LogP contribution in [0.5, 0.6) is 0 Å². The highest BCUT2D eigenvalue weighted by atomic mass is 32.1. The van der Waals surface area contributed by atoms with Crippen LogP contribution in [0.15, 0.2) is 152 Å². The third kappa shape index (κ3) is 4.00. The van der Waals surface area contributed by atoms with Crippen molar-refractivity contribution in [1.29, 1.82) is 0 Å². The number of fused-ring (bicyclic) bond motifs is 11. The maximum atomic E-state index is 5.41. The predicted octanol–water partition coefficient (Wildman–Crippen LogP) is 12.3. The van der Waals surface area contributed by atoms with Gasteiger partial charge in [-0.15, -0.1) is 22.7 Å². The average Bonchev–Trinajstić information content (AvgIpc) is 3.84. The molecule has 3 aromatic heterocycles. The summed E-state index contributed by atoms with van der Waals surface area (Å²) in [6.07, 6.45) is 7.27. The van der Waals surface area contributed by atoms with Gasteiger partial charge in [0.25, 0.3) is 0 Å². The van der Waals surface area contributed by atoms with E-state index in [2.05, 4.69) is 157 Å². The minimum absolute atomic E-state index is 0.0141. The minimum atomic E-state index is 0.0141. The summed E-state index contributed by atoms with van der Waals surface area (Å²) >= 11 is 3.79. The van der Waals surface area contributed by atoms with Crippen molar-refractivity contribution < 1.29 is 0 Å². The van der Waals surface area contributed by atoms with Crippen molar-refractivity contribution in [3.05, 3.63) is 163 Å². The molecule has 0 saturated heterocycles. The number of aromatic nitrogens is 2. The summed E-state index contributed by atoms with van der Waals surface area (Å²) in [5, 5.41) is 6.34. The highest BCUT2D eigenvalue weighted by Gasteiger charge is 2.42. The first-order valence-electron chi connectivity index (χ1n) is 16.7. The molecule has 2 atom stereocenters. The fourth-order valence-corrected chi connectivity index (χ4v) is 10.6. The summed E-state index contributed by atoms with van der Waals surface area (Å²) in [6, 6.07) is 47.8. The lowest BCUT2D eigenvalue weighted by atomic mass is 9.86. The van der Waals surface area contributed by atoms with Crippen molar-refractivity contribution in [3.63, 3.8) is 0 Å². The molecule has 4 heterocycles. The lowest BCUT2D eigenvalue weighted by molar-refractivity contribution is 0.736. The number of nitrogens with zero attached hydrogens (tertiary/aromatic N) is 3. The summed E-state index contributed by atoms with van der Waals surface area (Å²) in [4.78, 5) is 13.1. The van der Waals surface area contributed by atoms with Crippen LogP contribution in [0.1, 0.15) is 17.0 Å². The molecule has 0 radical (unpaired) electrons. The monoisotopic (exact) mass is 661 g/mol. The van der Waals surface area contributed by atoms with Crippen LogP contribution in [0.4, 0.5) is 11.6 Å². The Balaban J connectivity index is 1.17. The van der Waals surface area contributed by atoms with Crippen molar-refractivity contribution in [3.8, 4) is 11.3 Å². The van der Waals surface area contributed by atoms with Crippen LogP contribution in [0, 0.1) is 0 Å². The maximum Gasteiger partial charge on any atom is 0.231 e. The van der Waals surface area contributed by atoms with Gasteiger partial charge in [-0.1, -0.05) is 127 Å². The molecule has 0 amide bonds. The van der Waals surface area contributed by atoms with E-state index in [1.54, 1.807) is 0 Å². The van der Waals surface area contributed by atoms with Crippen LogP contribution in [0.3, 0.4) is 0 Å². The lowest BCUT2D eigenvalue weighted by Crippen LogP contribution is -2.30. The largest absolute Gasteiger partial charge is 0.302 e. The Bertz CT molecular complexity index is 2860. The minimum Gasteiger partial charge on any atom is -0.302 e. The van der Waals surface area contributed by atoms with Crippen LogP contribution in [-0.4, -0.2) is 16.0 Å². The molecule has 3 nitrogen and oxygen atoms in total. The van der Waals surface area contributed by atoms with E-state index < -0.39 is 0 Å². The van der Waals surface area contributed by atoms with Gasteiger partial charge in [-0.3, -0.25) is 0 Å². The third-order valence-corrected chi connectivity index (χ3v) is 12.7. The fourth-order valence-electron chi connectivity index (χ4n) is 8.04. The highest BCUT2D eigenvalue weighted by Crippen LogP contribution is 2.54. The van der Waals surface area contributed by atoms with E-state index in [1.165, 1.54) is 62.7 Å². The molecule has 9 aromatic rings. The van der Waals surface area contributed by atoms with Gasteiger partial charge in [-0.25, -0.2) is 9.97 Å². The molecule has 6 aromatic carbocycles. The molecule has 2 unspecified atom stereocenters. The molecule has 1 aliphatic carbocycles. The molecular weight excluding hydrogens is 635 g/mol. The highest BCUT2D eigenvalue weighted by molar-refractivity contribution is 7.26. The third-order valence-electron chi connectivity index (χ3n) is 10.2. The number of anilines is 2. The Morgan fingerprint density at radius 2 is 1.22 bits per heavy atom. The van der Waals surface area contributed by atoms with Gasteiger partial charge in [-0.05, 0) is 35.4 Å². The van der Waals surface area contributed by atoms with Gasteiger partial charge in [0.05, 0.1) is 17.3 Å². The van der Waals surface area contributed by atoms with Crippen molar-refractivity contribution >= 4 is 91.1 Å². The van der Waals surface area contributed by atoms with Gasteiger partial charge in [0.1, 0.15) is 0 Å². The molecule has 49 heavy (non-hydrogen) atoms. The summed E-state index contributed by atoms with van der Waals surface area (Å²) in [6.45, 7) is 0. The van der Waals surface area contributed by atoms with E-state index in [0.717, 1.165) is 28.1 Å². The van der Waals surface area contributed by atoms with Gasteiger partial charge < -0.3 is 4.90 Å². The molecule has 1 aliphatic heterocycles. The van der Waals surface area contributed by atoms with Crippen LogP contribution in [-0.2, 0) is 0 Å². The molecule has 0 spiro atoms. The van der Waals surface area contributed by atoms with Crippen LogP contribution >= 0.6 is 22.7 Å². The Labute approximate surface area is 290 Å². The van der Waals surface area contributed by atoms with Crippen LogP contribution in [0.2, 0.25) is 0 Å². The van der Waals surface area contributed by atoms with E-state index in [1.807, 2.05) is 22.7 Å². The number of hydrogen-bond acceptors (Lipinski definition) is 5. The average molecular weight is 662 g/mol. The number of thiophene rings is 2. The zero-order chi connectivity index (χ0) is 32.1. The Kier molecular flexibility index (Phi) is 5.82. The second kappa shape index (κ2) is 10.4.